The van der Waals surface area contributed by atoms with E-state index in [0.29, 0.717) is 0 Å². The van der Waals surface area contributed by atoms with Crippen molar-refractivity contribution in [2.24, 2.45) is 0 Å². The summed E-state index contributed by atoms with van der Waals surface area (Å²) in [5, 5.41) is 56.9. The van der Waals surface area contributed by atoms with Crippen molar-refractivity contribution in [3.05, 3.63) is 72.9 Å². The van der Waals surface area contributed by atoms with Crippen LogP contribution in [-0.2, 0) is 49.8 Å². The number of carbonyl (C=O) groups is 6. The van der Waals surface area contributed by atoms with Gasteiger partial charge in [0.2, 0.25) is 0 Å². The van der Waals surface area contributed by atoms with E-state index < -0.39 is 35.8 Å². The number of aliphatic carboxylic acids is 6. The van der Waals surface area contributed by atoms with Crippen molar-refractivity contribution in [1.29, 1.82) is 0 Å². The van der Waals surface area contributed by atoms with E-state index in [-0.39, 0.29) is 54.5 Å². The quantitative estimate of drug-likeness (QED) is 0.241. The van der Waals surface area contributed by atoms with Crippen molar-refractivity contribution in [3.8, 4) is 0 Å². The first-order valence-electron chi connectivity index (χ1n) is 9.07. The molecule has 0 aliphatic heterocycles. The minimum atomic E-state index is -1.19. The molecule has 0 aliphatic carbocycles. The molecule has 0 saturated heterocycles. The minimum Gasteiger partial charge on any atom is -0.545 e. The van der Waals surface area contributed by atoms with Crippen LogP contribution in [0.25, 0.3) is 0 Å². The van der Waals surface area contributed by atoms with Crippen LogP contribution in [0.1, 0.15) is 41.5 Å². The first kappa shape index (κ1) is 49.9. The summed E-state index contributed by atoms with van der Waals surface area (Å²) in [5.41, 5.74) is 0.389. The SMILES string of the molecule is C=C(C)C(=O)[O-].C=C(C)C(=O)[O-].C=C(C)C(=O)[O-].C=C(C)C(=O)[O-].C=C(C)C(=O)[O-].C=C(C)C(=O)[O-].[W]. The molecule has 12 nitrogen and oxygen atoms in total. The average Bonchev–Trinajstić information content (AvgIpc) is 2.69. The standard InChI is InChI=1S/6C4H6O2.W/c6*1-3(2)4(5)6;/h6*1H2,2H3,(H,5,6);/p-6. The maximum Gasteiger partial charge on any atom is 0.0666 e. The van der Waals surface area contributed by atoms with Gasteiger partial charge in [-0.3, -0.25) is 0 Å². The average molecular weight is 694 g/mol. The number of carboxylic acid groups (broad SMARTS) is 6. The molecule has 37 heavy (non-hydrogen) atoms. The Labute approximate surface area is 230 Å². The van der Waals surface area contributed by atoms with Crippen LogP contribution in [0.4, 0.5) is 0 Å². The van der Waals surface area contributed by atoms with Gasteiger partial charge in [0.05, 0.1) is 35.8 Å². The van der Waals surface area contributed by atoms with Crippen LogP contribution >= 0.6 is 0 Å². The Kier molecular flexibility index (Phi) is 40.5. The molecule has 0 aromatic heterocycles. The van der Waals surface area contributed by atoms with Crippen molar-refractivity contribution < 1.29 is 80.5 Å². The van der Waals surface area contributed by atoms with Crippen LogP contribution in [0.3, 0.4) is 0 Å². The van der Waals surface area contributed by atoms with E-state index in [2.05, 4.69) is 39.5 Å². The van der Waals surface area contributed by atoms with Crippen molar-refractivity contribution in [3.63, 3.8) is 0 Å². The molecule has 0 N–H and O–H groups in total. The second kappa shape index (κ2) is 30.0. The van der Waals surface area contributed by atoms with Gasteiger partial charge in [-0.05, 0) is 75.0 Å². The zero-order chi connectivity index (χ0) is 30.9. The van der Waals surface area contributed by atoms with Crippen LogP contribution in [0.15, 0.2) is 72.9 Å². The van der Waals surface area contributed by atoms with Crippen molar-refractivity contribution in [2.45, 2.75) is 41.5 Å². The van der Waals surface area contributed by atoms with Crippen LogP contribution in [0.5, 0.6) is 0 Å². The third kappa shape index (κ3) is 72.0. The molecule has 0 aliphatic rings. The van der Waals surface area contributed by atoms with E-state index >= 15 is 0 Å². The largest absolute Gasteiger partial charge is 0.545 e. The molecule has 0 aromatic rings. The van der Waals surface area contributed by atoms with Crippen LogP contribution < -0.4 is 30.6 Å². The monoisotopic (exact) mass is 694 g/mol. The van der Waals surface area contributed by atoms with Gasteiger partial charge in [0.25, 0.3) is 0 Å². The fraction of sp³-hybridized carbons (Fsp3) is 0.250. The summed E-state index contributed by atoms with van der Waals surface area (Å²) in [5.74, 6) is -7.11. The summed E-state index contributed by atoms with van der Waals surface area (Å²) in [7, 11) is 0. The molecule has 0 unspecified atom stereocenters. The molecule has 0 amide bonds. The van der Waals surface area contributed by atoms with Crippen LogP contribution in [0, 0.1) is 0 Å². The van der Waals surface area contributed by atoms with Crippen molar-refractivity contribution in [1.82, 2.24) is 0 Å². The molecule has 0 bridgehead atoms. The van der Waals surface area contributed by atoms with Crippen LogP contribution in [-0.4, -0.2) is 35.8 Å². The second-order valence-corrected chi connectivity index (χ2v) is 6.41. The number of hydrogen-bond acceptors (Lipinski definition) is 12. The summed E-state index contributed by atoms with van der Waals surface area (Å²) in [4.78, 5) is 56.9. The summed E-state index contributed by atoms with van der Waals surface area (Å²) >= 11 is 0. The van der Waals surface area contributed by atoms with Crippen molar-refractivity contribution in [2.75, 3.05) is 0 Å². The Morgan fingerprint density at radius 3 is 0.351 bits per heavy atom. The number of hydrogen-bond donors (Lipinski definition) is 0. The summed E-state index contributed by atoms with van der Waals surface area (Å²) in [6.45, 7) is 26.9. The number of carboxylic acids is 6. The molecule has 0 atom stereocenters. The van der Waals surface area contributed by atoms with E-state index in [1.54, 1.807) is 0 Å². The van der Waals surface area contributed by atoms with E-state index in [1.807, 2.05) is 0 Å². The smallest absolute Gasteiger partial charge is 0.0666 e. The van der Waals surface area contributed by atoms with Gasteiger partial charge in [-0.25, -0.2) is 0 Å². The maximum absolute atomic E-state index is 9.49. The zero-order valence-electron chi connectivity index (χ0n) is 21.5. The Morgan fingerprint density at radius 2 is 0.351 bits per heavy atom. The molecule has 0 spiro atoms. The second-order valence-electron chi connectivity index (χ2n) is 6.41. The predicted octanol–water partition coefficient (Wildman–Crippen LogP) is -4.13. The maximum atomic E-state index is 9.49. The molecule has 0 saturated carbocycles. The number of carbonyl (C=O) groups excluding carboxylic acids is 6. The molecular formula is C24H30O12W-6. The van der Waals surface area contributed by atoms with Gasteiger partial charge in [-0.1, -0.05) is 39.5 Å². The van der Waals surface area contributed by atoms with E-state index in [9.17, 15) is 59.4 Å². The first-order valence-corrected chi connectivity index (χ1v) is 9.07. The predicted molar refractivity (Wildman–Crippen MR) is 119 cm³/mol. The normalized spacial score (nSPS) is 7.30. The summed E-state index contributed by atoms with van der Waals surface area (Å²) in [6, 6.07) is 0. The van der Waals surface area contributed by atoms with Gasteiger partial charge in [0.15, 0.2) is 0 Å². The van der Waals surface area contributed by atoms with Gasteiger partial charge >= 0.3 is 0 Å². The van der Waals surface area contributed by atoms with Crippen molar-refractivity contribution >= 4 is 35.8 Å². The summed E-state index contributed by atoms with van der Waals surface area (Å²) in [6.07, 6.45) is 0. The van der Waals surface area contributed by atoms with Crippen LogP contribution in [0.2, 0.25) is 0 Å². The fourth-order valence-corrected chi connectivity index (χ4v) is 0. The Balaban J connectivity index is -0.0000000581. The Hall–Kier alpha value is -4.05. The molecule has 0 radical (unpaired) electrons. The van der Waals surface area contributed by atoms with Gasteiger partial charge in [0.1, 0.15) is 0 Å². The fourth-order valence-electron chi connectivity index (χ4n) is 0. The molecule has 13 heteroatoms. The van der Waals surface area contributed by atoms with E-state index in [0.717, 1.165) is 0 Å². The summed E-state index contributed by atoms with van der Waals surface area (Å²) < 4.78 is 0. The Morgan fingerprint density at radius 1 is 0.324 bits per heavy atom. The third-order valence-electron chi connectivity index (χ3n) is 2.09. The van der Waals surface area contributed by atoms with E-state index in [1.165, 1.54) is 41.5 Å². The third-order valence-corrected chi connectivity index (χ3v) is 2.09. The molecule has 0 heterocycles. The van der Waals surface area contributed by atoms with E-state index in [4.69, 9.17) is 0 Å². The molecule has 210 valence electrons. The first-order chi connectivity index (χ1) is 15.9. The topological polar surface area (TPSA) is 241 Å². The number of rotatable bonds is 6. The Bertz CT molecular complexity index is 622. The van der Waals surface area contributed by atoms with Gasteiger partial charge in [-0.2, -0.15) is 0 Å². The van der Waals surface area contributed by atoms with Gasteiger partial charge in [0, 0.05) is 21.1 Å². The molecular weight excluding hydrogens is 664 g/mol. The molecule has 0 fully saturated rings. The molecule has 0 rings (SSSR count). The minimum absolute atomic E-state index is 0. The molecule has 0 aromatic carbocycles. The zero-order valence-corrected chi connectivity index (χ0v) is 24.5. The van der Waals surface area contributed by atoms with Gasteiger partial charge < -0.3 is 59.4 Å². The van der Waals surface area contributed by atoms with Gasteiger partial charge in [-0.15, -0.1) is 0 Å².